The summed E-state index contributed by atoms with van der Waals surface area (Å²) in [5.41, 5.74) is 0.681. The highest BCUT2D eigenvalue weighted by molar-refractivity contribution is 5.93. The monoisotopic (exact) mass is 237 g/mol. The number of rotatable bonds is 4. The van der Waals surface area contributed by atoms with Crippen molar-refractivity contribution in [3.05, 3.63) is 24.0 Å². The standard InChI is InChI=1S/C12H19N3O2/c1-10-9-17-7-6-15(10)5-4-14-12(16)11-2-3-13-8-11/h2-3,8,10,13H,4-7,9H2,1H3,(H,14,16). The minimum absolute atomic E-state index is 0.0211. The molecule has 1 fully saturated rings. The molecule has 0 radical (unpaired) electrons. The Morgan fingerprint density at radius 1 is 1.71 bits per heavy atom. The summed E-state index contributed by atoms with van der Waals surface area (Å²) in [4.78, 5) is 16.9. The smallest absolute Gasteiger partial charge is 0.252 e. The molecule has 94 valence electrons. The van der Waals surface area contributed by atoms with E-state index in [9.17, 15) is 4.79 Å². The minimum Gasteiger partial charge on any atom is -0.379 e. The molecule has 1 unspecified atom stereocenters. The number of morpholine rings is 1. The van der Waals surface area contributed by atoms with Gasteiger partial charge in [0.25, 0.3) is 5.91 Å². The number of hydrogen-bond donors (Lipinski definition) is 2. The number of ether oxygens (including phenoxy) is 1. The predicted molar refractivity (Wildman–Crippen MR) is 65.0 cm³/mol. The first-order valence-electron chi connectivity index (χ1n) is 6.00. The van der Waals surface area contributed by atoms with Crippen LogP contribution in [0.15, 0.2) is 18.5 Å². The lowest BCUT2D eigenvalue weighted by atomic mass is 10.2. The lowest BCUT2D eigenvalue weighted by molar-refractivity contribution is 0.000540. The number of aromatic amines is 1. The Hall–Kier alpha value is -1.33. The maximum absolute atomic E-state index is 11.7. The van der Waals surface area contributed by atoms with Crippen LogP contribution in [0.5, 0.6) is 0 Å². The van der Waals surface area contributed by atoms with Crippen LogP contribution in [0.3, 0.4) is 0 Å². The Balaban J connectivity index is 1.70. The van der Waals surface area contributed by atoms with Crippen LogP contribution < -0.4 is 5.32 Å². The van der Waals surface area contributed by atoms with Gasteiger partial charge in [-0.25, -0.2) is 0 Å². The van der Waals surface area contributed by atoms with Gasteiger partial charge in [0, 0.05) is 38.1 Å². The van der Waals surface area contributed by atoms with Gasteiger partial charge < -0.3 is 15.0 Å². The molecule has 1 amide bonds. The Morgan fingerprint density at radius 2 is 2.59 bits per heavy atom. The molecule has 1 aliphatic heterocycles. The number of H-pyrrole nitrogens is 1. The third kappa shape index (κ3) is 3.31. The van der Waals surface area contributed by atoms with Gasteiger partial charge in [-0.3, -0.25) is 9.69 Å². The fourth-order valence-electron chi connectivity index (χ4n) is 1.97. The zero-order valence-corrected chi connectivity index (χ0v) is 10.1. The topological polar surface area (TPSA) is 57.4 Å². The lowest BCUT2D eigenvalue weighted by Crippen LogP contribution is -2.46. The molecule has 17 heavy (non-hydrogen) atoms. The van der Waals surface area contributed by atoms with E-state index in [0.29, 0.717) is 18.2 Å². The fourth-order valence-corrected chi connectivity index (χ4v) is 1.97. The van der Waals surface area contributed by atoms with Crippen molar-refractivity contribution in [1.82, 2.24) is 15.2 Å². The van der Waals surface area contributed by atoms with Crippen molar-refractivity contribution in [3.63, 3.8) is 0 Å². The van der Waals surface area contributed by atoms with E-state index in [4.69, 9.17) is 4.74 Å². The van der Waals surface area contributed by atoms with Crippen LogP contribution in [0.1, 0.15) is 17.3 Å². The van der Waals surface area contributed by atoms with Crippen molar-refractivity contribution in [2.24, 2.45) is 0 Å². The first-order valence-corrected chi connectivity index (χ1v) is 6.00. The third-order valence-electron chi connectivity index (χ3n) is 3.05. The quantitative estimate of drug-likeness (QED) is 0.800. The molecule has 0 spiro atoms. The average Bonchev–Trinajstić information content (AvgIpc) is 2.85. The Kier molecular flexibility index (Phi) is 4.17. The molecular formula is C12H19N3O2. The van der Waals surface area contributed by atoms with Gasteiger partial charge in [-0.1, -0.05) is 0 Å². The molecule has 5 nitrogen and oxygen atoms in total. The van der Waals surface area contributed by atoms with Gasteiger partial charge in [0.1, 0.15) is 0 Å². The summed E-state index contributed by atoms with van der Waals surface area (Å²) in [5, 5.41) is 2.91. The van der Waals surface area contributed by atoms with Crippen LogP contribution in [0.4, 0.5) is 0 Å². The Bertz CT molecular complexity index is 351. The van der Waals surface area contributed by atoms with E-state index < -0.39 is 0 Å². The van der Waals surface area contributed by atoms with Crippen molar-refractivity contribution in [3.8, 4) is 0 Å². The van der Waals surface area contributed by atoms with Crippen molar-refractivity contribution >= 4 is 5.91 Å². The number of nitrogens with zero attached hydrogens (tertiary/aromatic N) is 1. The van der Waals surface area contributed by atoms with Gasteiger partial charge in [0.05, 0.1) is 18.8 Å². The van der Waals surface area contributed by atoms with E-state index in [0.717, 1.165) is 26.3 Å². The van der Waals surface area contributed by atoms with Crippen LogP contribution in [-0.4, -0.2) is 54.7 Å². The zero-order chi connectivity index (χ0) is 12.1. The molecule has 5 heteroatoms. The summed E-state index contributed by atoms with van der Waals surface area (Å²) in [6.07, 6.45) is 3.45. The molecule has 1 saturated heterocycles. The van der Waals surface area contributed by atoms with E-state index in [1.165, 1.54) is 0 Å². The van der Waals surface area contributed by atoms with Gasteiger partial charge in [-0.2, -0.15) is 0 Å². The average molecular weight is 237 g/mol. The van der Waals surface area contributed by atoms with E-state index in [1.54, 1.807) is 18.5 Å². The zero-order valence-electron chi connectivity index (χ0n) is 10.1. The number of aromatic nitrogens is 1. The highest BCUT2D eigenvalue weighted by Gasteiger charge is 2.18. The second-order valence-electron chi connectivity index (χ2n) is 4.32. The summed E-state index contributed by atoms with van der Waals surface area (Å²) < 4.78 is 5.37. The van der Waals surface area contributed by atoms with Gasteiger partial charge in [-0.15, -0.1) is 0 Å². The Morgan fingerprint density at radius 3 is 3.29 bits per heavy atom. The molecule has 1 aromatic rings. The van der Waals surface area contributed by atoms with Crippen LogP contribution in [0.2, 0.25) is 0 Å². The number of amides is 1. The summed E-state index contributed by atoms with van der Waals surface area (Å²) in [6.45, 7) is 6.21. The molecule has 1 aliphatic rings. The van der Waals surface area contributed by atoms with Crippen LogP contribution >= 0.6 is 0 Å². The normalized spacial score (nSPS) is 21.4. The molecule has 1 aromatic heterocycles. The van der Waals surface area contributed by atoms with Gasteiger partial charge >= 0.3 is 0 Å². The van der Waals surface area contributed by atoms with Crippen molar-refractivity contribution in [2.45, 2.75) is 13.0 Å². The molecule has 1 atom stereocenters. The van der Waals surface area contributed by atoms with Crippen molar-refractivity contribution < 1.29 is 9.53 Å². The van der Waals surface area contributed by atoms with Crippen LogP contribution in [0, 0.1) is 0 Å². The highest BCUT2D eigenvalue weighted by Crippen LogP contribution is 2.04. The van der Waals surface area contributed by atoms with Crippen molar-refractivity contribution in [1.29, 1.82) is 0 Å². The summed E-state index contributed by atoms with van der Waals surface area (Å²) >= 11 is 0. The first-order chi connectivity index (χ1) is 8.27. The molecule has 0 aromatic carbocycles. The molecule has 2 rings (SSSR count). The summed E-state index contributed by atoms with van der Waals surface area (Å²) in [5.74, 6) is -0.0211. The molecular weight excluding hydrogens is 218 g/mol. The largest absolute Gasteiger partial charge is 0.379 e. The predicted octanol–water partition coefficient (Wildman–Crippen LogP) is 0.465. The maximum atomic E-state index is 11.7. The molecule has 0 aliphatic carbocycles. The third-order valence-corrected chi connectivity index (χ3v) is 3.05. The fraction of sp³-hybridized carbons (Fsp3) is 0.583. The molecule has 0 bridgehead atoms. The molecule has 0 saturated carbocycles. The SMILES string of the molecule is CC1COCCN1CCNC(=O)c1cc[nH]c1. The number of carbonyl (C=O) groups is 1. The second kappa shape index (κ2) is 5.84. The number of hydrogen-bond acceptors (Lipinski definition) is 3. The maximum Gasteiger partial charge on any atom is 0.252 e. The summed E-state index contributed by atoms with van der Waals surface area (Å²) in [6, 6.07) is 2.21. The highest BCUT2D eigenvalue weighted by atomic mass is 16.5. The van der Waals surface area contributed by atoms with Crippen LogP contribution in [-0.2, 0) is 4.74 Å². The minimum atomic E-state index is -0.0211. The van der Waals surface area contributed by atoms with E-state index in [-0.39, 0.29) is 5.91 Å². The molecule has 2 heterocycles. The number of nitrogens with one attached hydrogen (secondary N) is 2. The molecule has 2 N–H and O–H groups in total. The van der Waals surface area contributed by atoms with E-state index in [2.05, 4.69) is 22.1 Å². The van der Waals surface area contributed by atoms with Gasteiger partial charge in [0.2, 0.25) is 0 Å². The number of carbonyl (C=O) groups excluding carboxylic acids is 1. The summed E-state index contributed by atoms with van der Waals surface area (Å²) in [7, 11) is 0. The van der Waals surface area contributed by atoms with Gasteiger partial charge in [-0.05, 0) is 13.0 Å². The lowest BCUT2D eigenvalue weighted by Gasteiger charge is -2.33. The van der Waals surface area contributed by atoms with Gasteiger partial charge in [0.15, 0.2) is 0 Å². The Labute approximate surface area is 101 Å². The second-order valence-corrected chi connectivity index (χ2v) is 4.32. The van der Waals surface area contributed by atoms with E-state index >= 15 is 0 Å². The van der Waals surface area contributed by atoms with E-state index in [1.807, 2.05) is 0 Å². The first kappa shape index (κ1) is 12.1. The van der Waals surface area contributed by atoms with Crippen molar-refractivity contribution in [2.75, 3.05) is 32.8 Å². The van der Waals surface area contributed by atoms with Crippen LogP contribution in [0.25, 0.3) is 0 Å².